The summed E-state index contributed by atoms with van der Waals surface area (Å²) in [6.07, 6.45) is 0. The molecule has 2 nitrogen and oxygen atoms in total. The molecule has 0 aliphatic rings. The lowest BCUT2D eigenvalue weighted by molar-refractivity contribution is 1.27. The molecule has 4 rings (SSSR count). The van der Waals surface area contributed by atoms with Gasteiger partial charge in [-0.2, -0.15) is 0 Å². The van der Waals surface area contributed by atoms with Gasteiger partial charge in [0.1, 0.15) is 0 Å². The van der Waals surface area contributed by atoms with Crippen LogP contribution >= 0.6 is 11.6 Å². The van der Waals surface area contributed by atoms with E-state index in [4.69, 9.17) is 21.6 Å². The molecule has 3 heteroatoms. The SMILES string of the molecule is Cc1nc2ccc(Cl)cc2c2nc3ccccc3c(C)c12. The van der Waals surface area contributed by atoms with E-state index in [1.807, 2.05) is 43.3 Å². The zero-order valence-electron chi connectivity index (χ0n) is 11.8. The van der Waals surface area contributed by atoms with Gasteiger partial charge in [-0.25, -0.2) is 4.98 Å². The molecule has 0 aliphatic carbocycles. The Balaban J connectivity index is 2.34. The highest BCUT2D eigenvalue weighted by Gasteiger charge is 2.12. The van der Waals surface area contributed by atoms with Crippen molar-refractivity contribution in [2.24, 2.45) is 0 Å². The van der Waals surface area contributed by atoms with E-state index in [0.717, 1.165) is 33.0 Å². The zero-order valence-corrected chi connectivity index (χ0v) is 12.6. The molecule has 4 aromatic rings. The van der Waals surface area contributed by atoms with E-state index in [1.165, 1.54) is 10.9 Å². The summed E-state index contributed by atoms with van der Waals surface area (Å²) in [4.78, 5) is 9.58. The number of pyridine rings is 2. The van der Waals surface area contributed by atoms with Crippen LogP contribution in [-0.2, 0) is 0 Å². The van der Waals surface area contributed by atoms with Gasteiger partial charge in [0.05, 0.1) is 16.6 Å². The number of rotatable bonds is 0. The Morgan fingerprint density at radius 2 is 1.62 bits per heavy atom. The molecule has 0 saturated heterocycles. The molecule has 2 aromatic heterocycles. The molecule has 0 spiro atoms. The lowest BCUT2D eigenvalue weighted by Gasteiger charge is -2.11. The van der Waals surface area contributed by atoms with Crippen molar-refractivity contribution in [3.05, 3.63) is 58.7 Å². The molecule has 102 valence electrons. The average molecular weight is 293 g/mol. The Morgan fingerprint density at radius 3 is 2.48 bits per heavy atom. The Kier molecular flexibility index (Phi) is 2.63. The van der Waals surface area contributed by atoms with Gasteiger partial charge in [-0.05, 0) is 43.7 Å². The Bertz CT molecular complexity index is 1020. The summed E-state index contributed by atoms with van der Waals surface area (Å²) in [7, 11) is 0. The van der Waals surface area contributed by atoms with Crippen molar-refractivity contribution in [1.82, 2.24) is 9.97 Å². The molecule has 0 aliphatic heterocycles. The fourth-order valence-electron chi connectivity index (χ4n) is 3.05. The van der Waals surface area contributed by atoms with E-state index in [-0.39, 0.29) is 0 Å². The summed E-state index contributed by atoms with van der Waals surface area (Å²) < 4.78 is 0. The number of aromatic nitrogens is 2. The predicted molar refractivity (Wildman–Crippen MR) is 89.0 cm³/mol. The van der Waals surface area contributed by atoms with Gasteiger partial charge >= 0.3 is 0 Å². The first-order chi connectivity index (χ1) is 10.1. The van der Waals surface area contributed by atoms with E-state index in [0.29, 0.717) is 5.02 Å². The van der Waals surface area contributed by atoms with Crippen LogP contribution in [0.25, 0.3) is 32.7 Å². The minimum absolute atomic E-state index is 0.710. The van der Waals surface area contributed by atoms with Crippen molar-refractivity contribution in [2.45, 2.75) is 13.8 Å². The highest BCUT2D eigenvalue weighted by molar-refractivity contribution is 6.31. The number of para-hydroxylation sites is 1. The van der Waals surface area contributed by atoms with Crippen LogP contribution in [0.5, 0.6) is 0 Å². The fraction of sp³-hybridized carbons (Fsp3) is 0.111. The summed E-state index contributed by atoms with van der Waals surface area (Å²) >= 11 is 6.16. The average Bonchev–Trinajstić information content (AvgIpc) is 2.48. The highest BCUT2D eigenvalue weighted by Crippen LogP contribution is 2.32. The maximum absolute atomic E-state index is 6.16. The first kappa shape index (κ1) is 12.5. The second-order valence-corrected chi connectivity index (χ2v) is 5.77. The third-order valence-corrected chi connectivity index (χ3v) is 4.25. The molecule has 2 heterocycles. The zero-order chi connectivity index (χ0) is 14.6. The molecule has 21 heavy (non-hydrogen) atoms. The van der Waals surface area contributed by atoms with Crippen molar-refractivity contribution in [1.29, 1.82) is 0 Å². The highest BCUT2D eigenvalue weighted by atomic mass is 35.5. The van der Waals surface area contributed by atoms with Crippen LogP contribution < -0.4 is 0 Å². The molecular weight excluding hydrogens is 280 g/mol. The van der Waals surface area contributed by atoms with Crippen molar-refractivity contribution in [3.63, 3.8) is 0 Å². The maximum Gasteiger partial charge on any atom is 0.0825 e. The summed E-state index contributed by atoms with van der Waals surface area (Å²) in [5.74, 6) is 0. The minimum atomic E-state index is 0.710. The van der Waals surface area contributed by atoms with E-state index < -0.39 is 0 Å². The van der Waals surface area contributed by atoms with Gasteiger partial charge in [0, 0.05) is 26.9 Å². The molecule has 2 aromatic carbocycles. The molecule has 0 fully saturated rings. The van der Waals surface area contributed by atoms with E-state index >= 15 is 0 Å². The number of nitrogens with zero attached hydrogens (tertiary/aromatic N) is 2. The van der Waals surface area contributed by atoms with Crippen molar-refractivity contribution >= 4 is 44.3 Å². The standard InChI is InChI=1S/C18H13ClN2/c1-10-13-5-3-4-6-15(13)21-18-14-9-12(19)7-8-16(14)20-11(2)17(10)18/h3-9H,1-2H3. The third-order valence-electron chi connectivity index (χ3n) is 4.02. The number of fused-ring (bicyclic) bond motifs is 4. The molecule has 0 bridgehead atoms. The van der Waals surface area contributed by atoms with Gasteiger partial charge < -0.3 is 0 Å². The van der Waals surface area contributed by atoms with Crippen LogP contribution in [0.2, 0.25) is 5.02 Å². The van der Waals surface area contributed by atoms with Gasteiger partial charge in [0.25, 0.3) is 0 Å². The monoisotopic (exact) mass is 292 g/mol. The van der Waals surface area contributed by atoms with Crippen LogP contribution in [0.4, 0.5) is 0 Å². The van der Waals surface area contributed by atoms with Gasteiger partial charge in [0.15, 0.2) is 0 Å². The van der Waals surface area contributed by atoms with Crippen LogP contribution in [0.15, 0.2) is 42.5 Å². The quantitative estimate of drug-likeness (QED) is 0.328. The predicted octanol–water partition coefficient (Wildman–Crippen LogP) is 5.21. The molecule has 0 radical (unpaired) electrons. The van der Waals surface area contributed by atoms with Crippen molar-refractivity contribution in [2.75, 3.05) is 0 Å². The molecule has 0 unspecified atom stereocenters. The number of hydrogen-bond acceptors (Lipinski definition) is 2. The van der Waals surface area contributed by atoms with E-state index in [2.05, 4.69) is 13.0 Å². The molecule has 0 amide bonds. The Labute approximate surface area is 127 Å². The van der Waals surface area contributed by atoms with Crippen LogP contribution in [0.3, 0.4) is 0 Å². The lowest BCUT2D eigenvalue weighted by Crippen LogP contribution is -1.94. The van der Waals surface area contributed by atoms with Crippen LogP contribution in [0, 0.1) is 13.8 Å². The first-order valence-corrected chi connectivity index (χ1v) is 7.28. The summed E-state index contributed by atoms with van der Waals surface area (Å²) in [5.41, 5.74) is 5.16. The molecule has 0 N–H and O–H groups in total. The van der Waals surface area contributed by atoms with Gasteiger partial charge in [-0.1, -0.05) is 29.8 Å². The second kappa shape index (κ2) is 4.40. The van der Waals surface area contributed by atoms with Gasteiger partial charge in [-0.15, -0.1) is 0 Å². The topological polar surface area (TPSA) is 25.8 Å². The number of halogens is 1. The van der Waals surface area contributed by atoms with Crippen LogP contribution in [-0.4, -0.2) is 9.97 Å². The Hall–Kier alpha value is -2.19. The summed E-state index contributed by atoms with van der Waals surface area (Å²) in [6.45, 7) is 4.18. The largest absolute Gasteiger partial charge is 0.252 e. The van der Waals surface area contributed by atoms with Crippen molar-refractivity contribution < 1.29 is 0 Å². The fourth-order valence-corrected chi connectivity index (χ4v) is 3.22. The lowest BCUT2D eigenvalue weighted by atomic mass is 10.0. The molecule has 0 atom stereocenters. The van der Waals surface area contributed by atoms with Gasteiger partial charge in [-0.3, -0.25) is 4.98 Å². The van der Waals surface area contributed by atoms with E-state index in [9.17, 15) is 0 Å². The number of hydrogen-bond donors (Lipinski definition) is 0. The molecule has 0 saturated carbocycles. The third kappa shape index (κ3) is 1.79. The summed E-state index contributed by atoms with van der Waals surface area (Å²) in [5, 5.41) is 4.03. The normalized spacial score (nSPS) is 11.6. The van der Waals surface area contributed by atoms with E-state index in [1.54, 1.807) is 0 Å². The maximum atomic E-state index is 6.16. The first-order valence-electron chi connectivity index (χ1n) is 6.90. The minimum Gasteiger partial charge on any atom is -0.252 e. The van der Waals surface area contributed by atoms with Crippen molar-refractivity contribution in [3.8, 4) is 0 Å². The second-order valence-electron chi connectivity index (χ2n) is 5.34. The summed E-state index contributed by atoms with van der Waals surface area (Å²) in [6, 6.07) is 14.0. The molecular formula is C18H13ClN2. The smallest absolute Gasteiger partial charge is 0.0825 e. The van der Waals surface area contributed by atoms with Crippen LogP contribution in [0.1, 0.15) is 11.3 Å². The Morgan fingerprint density at radius 1 is 0.857 bits per heavy atom. The number of aryl methyl sites for hydroxylation is 2. The van der Waals surface area contributed by atoms with Gasteiger partial charge in [0.2, 0.25) is 0 Å². The number of benzene rings is 2.